The van der Waals surface area contributed by atoms with Gasteiger partial charge in [0.2, 0.25) is 0 Å². The normalized spacial score (nSPS) is 13.8. The number of hydrogen-bond acceptors (Lipinski definition) is 3. The third-order valence-electron chi connectivity index (χ3n) is 5.22. The number of aryl methyl sites for hydroxylation is 2. The van der Waals surface area contributed by atoms with Crippen LogP contribution in [0.5, 0.6) is 0 Å². The first-order chi connectivity index (χ1) is 13.5. The molecule has 1 aliphatic rings. The number of halogens is 1. The highest BCUT2D eigenvalue weighted by Crippen LogP contribution is 2.38. The quantitative estimate of drug-likeness (QED) is 0.582. The van der Waals surface area contributed by atoms with Crippen molar-refractivity contribution < 1.29 is 14.3 Å². The highest BCUT2D eigenvalue weighted by atomic mass is 32.1. The van der Waals surface area contributed by atoms with Crippen LogP contribution in [0.15, 0.2) is 35.3 Å². The number of fused-ring (bicyclic) bond motifs is 1. The molecule has 0 spiro atoms. The first-order valence-corrected chi connectivity index (χ1v) is 10.1. The molecule has 0 saturated carbocycles. The lowest BCUT2D eigenvalue weighted by Crippen LogP contribution is -2.09. The number of aliphatic imine (C=N–C) groups is 1. The van der Waals surface area contributed by atoms with Gasteiger partial charge in [0.05, 0.1) is 11.3 Å². The summed E-state index contributed by atoms with van der Waals surface area (Å²) < 4.78 is 15.1. The van der Waals surface area contributed by atoms with Gasteiger partial charge in [-0.05, 0) is 75.4 Å². The van der Waals surface area contributed by atoms with E-state index in [4.69, 9.17) is 0 Å². The van der Waals surface area contributed by atoms with Gasteiger partial charge in [0, 0.05) is 28.0 Å². The van der Waals surface area contributed by atoms with Crippen molar-refractivity contribution in [2.45, 2.75) is 39.5 Å². The second-order valence-corrected chi connectivity index (χ2v) is 8.18. The van der Waals surface area contributed by atoms with Crippen molar-refractivity contribution in [3.05, 3.63) is 69.1 Å². The van der Waals surface area contributed by atoms with Gasteiger partial charge in [-0.25, -0.2) is 9.18 Å². The van der Waals surface area contributed by atoms with Gasteiger partial charge in [-0.2, -0.15) is 0 Å². The summed E-state index contributed by atoms with van der Waals surface area (Å²) in [6, 6.07) is 8.02. The maximum atomic E-state index is 13.1. The minimum absolute atomic E-state index is 0.292. The lowest BCUT2D eigenvalue weighted by molar-refractivity contribution is 0.0696. The van der Waals surface area contributed by atoms with Crippen molar-refractivity contribution in [3.8, 4) is 5.00 Å². The molecule has 1 N–H and O–H groups in total. The van der Waals surface area contributed by atoms with E-state index in [2.05, 4.69) is 4.99 Å². The van der Waals surface area contributed by atoms with Gasteiger partial charge in [-0.15, -0.1) is 11.3 Å². The van der Waals surface area contributed by atoms with Crippen molar-refractivity contribution in [1.29, 1.82) is 0 Å². The molecule has 0 atom stereocenters. The number of carboxylic acids is 1. The Balaban J connectivity index is 1.77. The van der Waals surface area contributed by atoms with E-state index in [1.165, 1.54) is 17.0 Å². The molecule has 1 aromatic carbocycles. The maximum Gasteiger partial charge on any atom is 0.339 e. The van der Waals surface area contributed by atoms with Crippen molar-refractivity contribution in [2.24, 2.45) is 4.99 Å². The number of rotatable bonds is 4. The zero-order chi connectivity index (χ0) is 19.8. The number of hydrogen-bond donors (Lipinski definition) is 1. The molecule has 4 rings (SSSR count). The summed E-state index contributed by atoms with van der Waals surface area (Å²) in [6.45, 7) is 3.95. The van der Waals surface area contributed by atoms with Gasteiger partial charge < -0.3 is 9.67 Å². The summed E-state index contributed by atoms with van der Waals surface area (Å²) in [7, 11) is 0. The molecule has 3 aromatic rings. The van der Waals surface area contributed by atoms with Crippen molar-refractivity contribution in [1.82, 2.24) is 4.57 Å². The number of benzene rings is 1. The van der Waals surface area contributed by atoms with Gasteiger partial charge in [0.25, 0.3) is 0 Å². The molecule has 0 bridgehead atoms. The van der Waals surface area contributed by atoms with Crippen LogP contribution in [0.1, 0.15) is 50.6 Å². The van der Waals surface area contributed by atoms with Crippen LogP contribution in [-0.2, 0) is 12.8 Å². The molecule has 1 aliphatic carbocycles. The van der Waals surface area contributed by atoms with Crippen LogP contribution >= 0.6 is 11.3 Å². The Labute approximate surface area is 167 Å². The highest BCUT2D eigenvalue weighted by Gasteiger charge is 2.27. The number of aromatic carboxylic acids is 1. The van der Waals surface area contributed by atoms with Gasteiger partial charge in [-0.1, -0.05) is 0 Å². The van der Waals surface area contributed by atoms with Gasteiger partial charge in [0.15, 0.2) is 0 Å². The topological polar surface area (TPSA) is 54.6 Å². The average molecular weight is 396 g/mol. The Morgan fingerprint density at radius 1 is 1.21 bits per heavy atom. The fourth-order valence-corrected chi connectivity index (χ4v) is 5.32. The third-order valence-corrected chi connectivity index (χ3v) is 6.50. The summed E-state index contributed by atoms with van der Waals surface area (Å²) in [5.41, 5.74) is 4.97. The van der Waals surface area contributed by atoms with Crippen LogP contribution in [0.2, 0.25) is 0 Å². The van der Waals surface area contributed by atoms with E-state index < -0.39 is 5.97 Å². The summed E-state index contributed by atoms with van der Waals surface area (Å²) in [4.78, 5) is 17.7. The lowest BCUT2D eigenvalue weighted by Gasteiger charge is -2.11. The molecule has 0 saturated heterocycles. The van der Waals surface area contributed by atoms with Crippen LogP contribution in [0, 0.1) is 19.7 Å². The zero-order valence-electron chi connectivity index (χ0n) is 15.8. The minimum Gasteiger partial charge on any atom is -0.478 e. The van der Waals surface area contributed by atoms with E-state index in [0.29, 0.717) is 11.3 Å². The van der Waals surface area contributed by atoms with E-state index in [9.17, 15) is 14.3 Å². The predicted octanol–water partition coefficient (Wildman–Crippen LogP) is 5.62. The Hall–Kier alpha value is -2.73. The molecule has 6 heteroatoms. The van der Waals surface area contributed by atoms with Gasteiger partial charge in [-0.3, -0.25) is 4.99 Å². The summed E-state index contributed by atoms with van der Waals surface area (Å²) in [5, 5.41) is 10.7. The van der Waals surface area contributed by atoms with E-state index >= 15 is 0 Å². The Morgan fingerprint density at radius 2 is 1.93 bits per heavy atom. The summed E-state index contributed by atoms with van der Waals surface area (Å²) in [6.07, 6.45) is 5.71. The first-order valence-electron chi connectivity index (χ1n) is 9.32. The van der Waals surface area contributed by atoms with E-state index in [1.54, 1.807) is 29.7 Å². The molecule has 144 valence electrons. The fourth-order valence-electron chi connectivity index (χ4n) is 3.83. The molecule has 2 aromatic heterocycles. The van der Waals surface area contributed by atoms with Crippen LogP contribution in [0.25, 0.3) is 5.00 Å². The highest BCUT2D eigenvalue weighted by molar-refractivity contribution is 7.15. The van der Waals surface area contributed by atoms with E-state index in [1.807, 2.05) is 24.5 Å². The minimum atomic E-state index is -0.858. The molecule has 0 fully saturated rings. The SMILES string of the molecule is Cc1cc(C=Nc2ccc(F)cc2)c(C)n1-c1sc2c(c1C(=O)O)CCCC2. The summed E-state index contributed by atoms with van der Waals surface area (Å²) >= 11 is 1.60. The standard InChI is InChI=1S/C22H21FN2O2S/c1-13-11-15(12-24-17-9-7-16(23)8-10-17)14(2)25(13)21-20(22(26)27)18-5-3-4-6-19(18)28-21/h7-12H,3-6H2,1-2H3,(H,26,27). The van der Waals surface area contributed by atoms with Gasteiger partial charge in [0.1, 0.15) is 10.8 Å². The third kappa shape index (κ3) is 3.29. The Kier molecular flexibility index (Phi) is 4.89. The van der Waals surface area contributed by atoms with Crippen molar-refractivity contribution in [2.75, 3.05) is 0 Å². The monoisotopic (exact) mass is 396 g/mol. The van der Waals surface area contributed by atoms with Gasteiger partial charge >= 0.3 is 5.97 Å². The van der Waals surface area contributed by atoms with Crippen LogP contribution < -0.4 is 0 Å². The average Bonchev–Trinajstić information content (AvgIpc) is 3.18. The molecular formula is C22H21FN2O2S. The number of aromatic nitrogens is 1. The number of carbonyl (C=O) groups is 1. The lowest BCUT2D eigenvalue weighted by atomic mass is 9.95. The molecule has 2 heterocycles. The molecular weight excluding hydrogens is 375 g/mol. The molecule has 0 amide bonds. The van der Waals surface area contributed by atoms with E-state index in [0.717, 1.165) is 53.2 Å². The van der Waals surface area contributed by atoms with Crippen LogP contribution in [-0.4, -0.2) is 21.9 Å². The second kappa shape index (κ2) is 7.36. The number of thiophene rings is 1. The largest absolute Gasteiger partial charge is 0.478 e. The fraction of sp³-hybridized carbons (Fsp3) is 0.273. The summed E-state index contributed by atoms with van der Waals surface area (Å²) in [5.74, 6) is -1.15. The molecule has 0 unspecified atom stereocenters. The second-order valence-electron chi connectivity index (χ2n) is 7.09. The molecule has 0 radical (unpaired) electrons. The predicted molar refractivity (Wildman–Crippen MR) is 110 cm³/mol. The first kappa shape index (κ1) is 18.6. The zero-order valence-corrected chi connectivity index (χ0v) is 16.6. The van der Waals surface area contributed by atoms with E-state index in [-0.39, 0.29) is 5.82 Å². The number of carboxylic acid groups (broad SMARTS) is 1. The Bertz CT molecular complexity index is 1080. The molecule has 28 heavy (non-hydrogen) atoms. The Morgan fingerprint density at radius 3 is 2.64 bits per heavy atom. The number of nitrogens with zero attached hydrogens (tertiary/aromatic N) is 2. The smallest absolute Gasteiger partial charge is 0.339 e. The van der Waals surface area contributed by atoms with Crippen molar-refractivity contribution >= 4 is 29.2 Å². The maximum absolute atomic E-state index is 13.1. The van der Waals surface area contributed by atoms with Crippen LogP contribution in [0.4, 0.5) is 10.1 Å². The molecule has 4 nitrogen and oxygen atoms in total. The molecule has 0 aliphatic heterocycles. The van der Waals surface area contributed by atoms with Crippen LogP contribution in [0.3, 0.4) is 0 Å². The van der Waals surface area contributed by atoms with Crippen molar-refractivity contribution in [3.63, 3.8) is 0 Å².